The second kappa shape index (κ2) is 9.71. The maximum Gasteiger partial charge on any atom is 0.405 e. The fourth-order valence-corrected chi connectivity index (χ4v) is 4.13. The number of carbonyl (C=O) groups excluding carboxylic acids is 1. The van der Waals surface area contributed by atoms with E-state index < -0.39 is 30.5 Å². The minimum absolute atomic E-state index is 0.158. The standard InChI is InChI=1S/C21H22ClF4N7O/c1-2-3-27-12-5-16(20(34)31-10-21(24,25)26)33(9-12)19-15(23)8-30-18(32-19)14-7-29-17-13(14)4-11(22)6-28-17/h4,6-8,12,16,27H,2-3,5,9-10H2,1H3,(H,28,29)(H,31,34)/t12?,16-/m1/s1. The zero-order valence-electron chi connectivity index (χ0n) is 18.1. The van der Waals surface area contributed by atoms with Crippen LogP contribution in [0.1, 0.15) is 19.8 Å². The molecule has 0 radical (unpaired) electrons. The number of pyridine rings is 1. The Kier molecular flexibility index (Phi) is 6.89. The third-order valence-electron chi connectivity index (χ3n) is 5.49. The molecule has 1 unspecified atom stereocenters. The van der Waals surface area contributed by atoms with Crippen molar-refractivity contribution in [3.05, 3.63) is 35.5 Å². The molecule has 3 aromatic heterocycles. The molecular weight excluding hydrogens is 478 g/mol. The summed E-state index contributed by atoms with van der Waals surface area (Å²) in [5.41, 5.74) is 1.05. The predicted molar refractivity (Wildman–Crippen MR) is 119 cm³/mol. The van der Waals surface area contributed by atoms with E-state index in [-0.39, 0.29) is 30.6 Å². The molecule has 0 spiro atoms. The van der Waals surface area contributed by atoms with Gasteiger partial charge in [0, 0.05) is 35.9 Å². The number of carbonyl (C=O) groups is 1. The molecule has 0 bridgehead atoms. The zero-order chi connectivity index (χ0) is 24.5. The van der Waals surface area contributed by atoms with Crippen LogP contribution in [0.3, 0.4) is 0 Å². The van der Waals surface area contributed by atoms with Crippen LogP contribution in [-0.4, -0.2) is 63.7 Å². The lowest BCUT2D eigenvalue weighted by Crippen LogP contribution is -2.46. The fourth-order valence-electron chi connectivity index (χ4n) is 3.97. The minimum atomic E-state index is -4.56. The number of hydrogen-bond acceptors (Lipinski definition) is 6. The van der Waals surface area contributed by atoms with Gasteiger partial charge in [-0.05, 0) is 25.5 Å². The summed E-state index contributed by atoms with van der Waals surface area (Å²) in [6.07, 6.45) is 0.523. The molecule has 3 N–H and O–H groups in total. The first-order chi connectivity index (χ1) is 16.2. The molecule has 1 amide bonds. The number of aromatic nitrogens is 4. The number of anilines is 1. The molecule has 4 heterocycles. The van der Waals surface area contributed by atoms with E-state index in [1.807, 2.05) is 12.2 Å². The maximum atomic E-state index is 14.9. The van der Waals surface area contributed by atoms with Gasteiger partial charge in [-0.2, -0.15) is 13.2 Å². The van der Waals surface area contributed by atoms with E-state index in [0.717, 1.165) is 12.6 Å². The minimum Gasteiger partial charge on any atom is -0.345 e. The van der Waals surface area contributed by atoms with Gasteiger partial charge in [0.05, 0.1) is 11.2 Å². The molecular formula is C21H22ClF4N7O. The number of fused-ring (bicyclic) bond motifs is 1. The Morgan fingerprint density at radius 2 is 2.12 bits per heavy atom. The van der Waals surface area contributed by atoms with E-state index in [1.54, 1.807) is 12.3 Å². The summed E-state index contributed by atoms with van der Waals surface area (Å²) in [6.45, 7) is 1.34. The van der Waals surface area contributed by atoms with Crippen molar-refractivity contribution in [3.8, 4) is 11.4 Å². The van der Waals surface area contributed by atoms with Crippen molar-refractivity contribution in [3.63, 3.8) is 0 Å². The topological polar surface area (TPSA) is 98.8 Å². The van der Waals surface area contributed by atoms with Crippen LogP contribution >= 0.6 is 11.6 Å². The van der Waals surface area contributed by atoms with E-state index in [2.05, 4.69) is 25.3 Å². The SMILES string of the molecule is CCCNC1C[C@H](C(=O)NCC(F)(F)F)N(c2nc(-c3c[nH]c4ncc(Cl)cc34)ncc2F)C1. The van der Waals surface area contributed by atoms with E-state index in [9.17, 15) is 22.4 Å². The summed E-state index contributed by atoms with van der Waals surface area (Å²) < 4.78 is 52.9. The number of halogens is 5. The normalized spacial score (nSPS) is 18.6. The highest BCUT2D eigenvalue weighted by Gasteiger charge is 2.40. The predicted octanol–water partition coefficient (Wildman–Crippen LogP) is 3.44. The Bertz CT molecular complexity index is 1190. The Morgan fingerprint density at radius 1 is 1.32 bits per heavy atom. The number of nitrogens with zero attached hydrogens (tertiary/aromatic N) is 4. The first kappa shape index (κ1) is 24.1. The number of nitrogens with one attached hydrogen (secondary N) is 3. The van der Waals surface area contributed by atoms with Gasteiger partial charge in [0.15, 0.2) is 17.5 Å². The van der Waals surface area contributed by atoms with E-state index in [4.69, 9.17) is 11.6 Å². The molecule has 8 nitrogen and oxygen atoms in total. The average molecular weight is 500 g/mol. The summed E-state index contributed by atoms with van der Waals surface area (Å²) in [5, 5.41) is 6.16. The van der Waals surface area contributed by atoms with E-state index >= 15 is 0 Å². The highest BCUT2D eigenvalue weighted by molar-refractivity contribution is 6.31. The lowest BCUT2D eigenvalue weighted by Gasteiger charge is -2.25. The number of aromatic amines is 1. The second-order valence-corrected chi connectivity index (χ2v) is 8.44. The Balaban J connectivity index is 1.68. The number of alkyl halides is 3. The highest BCUT2D eigenvalue weighted by Crippen LogP contribution is 2.31. The molecule has 0 saturated carbocycles. The van der Waals surface area contributed by atoms with Crippen LogP contribution in [0.15, 0.2) is 24.7 Å². The maximum absolute atomic E-state index is 14.9. The molecule has 0 aromatic carbocycles. The van der Waals surface area contributed by atoms with Crippen molar-refractivity contribution in [1.29, 1.82) is 0 Å². The first-order valence-corrected chi connectivity index (χ1v) is 11.0. The molecule has 2 atom stereocenters. The fraction of sp³-hybridized carbons (Fsp3) is 0.429. The number of H-pyrrole nitrogens is 1. The van der Waals surface area contributed by atoms with Gasteiger partial charge in [-0.1, -0.05) is 18.5 Å². The number of amides is 1. The average Bonchev–Trinajstić information content (AvgIpc) is 3.40. The molecule has 3 aromatic rings. The molecule has 4 rings (SSSR count). The van der Waals surface area contributed by atoms with Gasteiger partial charge in [0.1, 0.15) is 18.2 Å². The van der Waals surface area contributed by atoms with Crippen molar-refractivity contribution < 1.29 is 22.4 Å². The van der Waals surface area contributed by atoms with Gasteiger partial charge in [-0.25, -0.2) is 19.3 Å². The van der Waals surface area contributed by atoms with Crippen LogP contribution in [0.4, 0.5) is 23.4 Å². The van der Waals surface area contributed by atoms with Crippen LogP contribution in [0.5, 0.6) is 0 Å². The van der Waals surface area contributed by atoms with Crippen molar-refractivity contribution in [2.75, 3.05) is 24.5 Å². The third-order valence-corrected chi connectivity index (χ3v) is 5.69. The second-order valence-electron chi connectivity index (χ2n) is 8.01. The molecule has 1 aliphatic rings. The summed E-state index contributed by atoms with van der Waals surface area (Å²) >= 11 is 6.05. The van der Waals surface area contributed by atoms with E-state index in [0.29, 0.717) is 28.2 Å². The van der Waals surface area contributed by atoms with Crippen LogP contribution in [-0.2, 0) is 4.79 Å². The van der Waals surface area contributed by atoms with Gasteiger partial charge >= 0.3 is 6.18 Å². The quantitative estimate of drug-likeness (QED) is 0.431. The zero-order valence-corrected chi connectivity index (χ0v) is 18.8. The monoisotopic (exact) mass is 499 g/mol. The molecule has 182 valence electrons. The van der Waals surface area contributed by atoms with Crippen LogP contribution in [0, 0.1) is 5.82 Å². The van der Waals surface area contributed by atoms with Gasteiger partial charge in [0.2, 0.25) is 5.91 Å². The Hall–Kier alpha value is -2.99. The molecule has 1 aliphatic heterocycles. The molecule has 0 aliphatic carbocycles. The largest absolute Gasteiger partial charge is 0.405 e. The summed E-state index contributed by atoms with van der Waals surface area (Å²) in [6, 6.07) is 0.402. The van der Waals surface area contributed by atoms with E-state index in [1.165, 1.54) is 11.1 Å². The first-order valence-electron chi connectivity index (χ1n) is 10.7. The molecule has 34 heavy (non-hydrogen) atoms. The van der Waals surface area contributed by atoms with Crippen molar-refractivity contribution in [2.24, 2.45) is 0 Å². The third kappa shape index (κ3) is 5.22. The lowest BCUT2D eigenvalue weighted by atomic mass is 10.1. The number of rotatable bonds is 7. The van der Waals surface area contributed by atoms with Gasteiger partial charge in [-0.15, -0.1) is 0 Å². The Morgan fingerprint density at radius 3 is 2.85 bits per heavy atom. The van der Waals surface area contributed by atoms with Crippen molar-refractivity contribution in [2.45, 2.75) is 38.0 Å². The van der Waals surface area contributed by atoms with Gasteiger partial charge in [0.25, 0.3) is 0 Å². The van der Waals surface area contributed by atoms with Crippen molar-refractivity contribution in [1.82, 2.24) is 30.6 Å². The lowest BCUT2D eigenvalue weighted by molar-refractivity contribution is -0.139. The Labute approximate surface area is 197 Å². The summed E-state index contributed by atoms with van der Waals surface area (Å²) in [7, 11) is 0. The summed E-state index contributed by atoms with van der Waals surface area (Å²) in [5.74, 6) is -1.64. The molecule has 1 fully saturated rings. The van der Waals surface area contributed by atoms with Gasteiger partial charge in [-0.3, -0.25) is 4.79 Å². The molecule has 1 saturated heterocycles. The number of hydrogen-bond donors (Lipinski definition) is 3. The summed E-state index contributed by atoms with van der Waals surface area (Å²) in [4.78, 5) is 29.6. The van der Waals surface area contributed by atoms with Crippen LogP contribution in [0.25, 0.3) is 22.4 Å². The van der Waals surface area contributed by atoms with Gasteiger partial charge < -0.3 is 20.5 Å². The van der Waals surface area contributed by atoms with Crippen LogP contribution in [0.2, 0.25) is 5.02 Å². The highest BCUT2D eigenvalue weighted by atomic mass is 35.5. The molecule has 13 heteroatoms. The van der Waals surface area contributed by atoms with Crippen molar-refractivity contribution >= 4 is 34.4 Å². The van der Waals surface area contributed by atoms with Crippen LogP contribution < -0.4 is 15.5 Å². The smallest absolute Gasteiger partial charge is 0.345 e.